The number of anilines is 2. The van der Waals surface area contributed by atoms with Crippen molar-refractivity contribution in [2.75, 3.05) is 10.6 Å². The van der Waals surface area contributed by atoms with Crippen molar-refractivity contribution in [3.8, 4) is 0 Å². The molecule has 3 rings (SSSR count). The van der Waals surface area contributed by atoms with Crippen molar-refractivity contribution in [2.24, 2.45) is 0 Å². The molecule has 0 bridgehead atoms. The molecule has 0 unspecified atom stereocenters. The Labute approximate surface area is 158 Å². The first-order valence-corrected chi connectivity index (χ1v) is 8.59. The average molecular weight is 443 g/mol. The second-order valence-corrected chi connectivity index (χ2v) is 6.34. The van der Waals surface area contributed by atoms with Crippen molar-refractivity contribution in [1.82, 2.24) is 4.98 Å². The number of carbonyl (C=O) groups is 2. The molecule has 0 aliphatic carbocycles. The Morgan fingerprint density at radius 2 is 1.48 bits per heavy atom. The lowest BCUT2D eigenvalue weighted by Crippen LogP contribution is -2.18. The predicted molar refractivity (Wildman–Crippen MR) is 106 cm³/mol. The number of para-hydroxylation sites is 1. The van der Waals surface area contributed by atoms with Crippen LogP contribution >= 0.6 is 22.6 Å². The van der Waals surface area contributed by atoms with E-state index in [0.717, 1.165) is 3.57 Å². The summed E-state index contributed by atoms with van der Waals surface area (Å²) in [5.41, 5.74) is 1.98. The van der Waals surface area contributed by atoms with Crippen molar-refractivity contribution < 1.29 is 9.59 Å². The normalized spacial score (nSPS) is 10.1. The highest BCUT2D eigenvalue weighted by Gasteiger charge is 2.15. The van der Waals surface area contributed by atoms with Gasteiger partial charge in [-0.3, -0.25) is 14.6 Å². The van der Waals surface area contributed by atoms with Gasteiger partial charge in [0.15, 0.2) is 0 Å². The summed E-state index contributed by atoms with van der Waals surface area (Å²) >= 11 is 2.11. The molecule has 0 atom stereocenters. The summed E-state index contributed by atoms with van der Waals surface area (Å²) in [6.07, 6.45) is 3.19. The molecule has 0 aliphatic rings. The first-order chi connectivity index (χ1) is 12.1. The van der Waals surface area contributed by atoms with E-state index >= 15 is 0 Å². The molecular formula is C19H14IN3O2. The van der Waals surface area contributed by atoms with Gasteiger partial charge in [0.05, 0.1) is 28.7 Å². The van der Waals surface area contributed by atoms with Gasteiger partial charge in [0, 0.05) is 9.77 Å². The maximum absolute atomic E-state index is 12.5. The van der Waals surface area contributed by atoms with E-state index in [-0.39, 0.29) is 11.8 Å². The van der Waals surface area contributed by atoms with E-state index in [1.807, 2.05) is 12.1 Å². The Balaban J connectivity index is 1.82. The van der Waals surface area contributed by atoms with Crippen molar-refractivity contribution in [2.45, 2.75) is 0 Å². The van der Waals surface area contributed by atoms with E-state index in [1.165, 1.54) is 0 Å². The van der Waals surface area contributed by atoms with Crippen LogP contribution in [0, 0.1) is 3.57 Å². The van der Waals surface area contributed by atoms with Gasteiger partial charge in [-0.2, -0.15) is 0 Å². The zero-order valence-corrected chi connectivity index (χ0v) is 15.2. The van der Waals surface area contributed by atoms with Gasteiger partial charge in [-0.15, -0.1) is 0 Å². The number of aromatic nitrogens is 1. The number of hydrogen-bond acceptors (Lipinski definition) is 3. The first kappa shape index (κ1) is 17.1. The molecule has 2 aromatic carbocycles. The molecule has 6 heteroatoms. The van der Waals surface area contributed by atoms with Gasteiger partial charge in [0.2, 0.25) is 0 Å². The Hall–Kier alpha value is -2.74. The van der Waals surface area contributed by atoms with Crippen LogP contribution in [0.25, 0.3) is 0 Å². The number of carbonyl (C=O) groups excluding carboxylic acids is 2. The van der Waals surface area contributed by atoms with Crippen LogP contribution in [-0.4, -0.2) is 16.8 Å². The standard InChI is InChI=1S/C19H14IN3O2/c20-16-9-3-1-7-14(16)18(24)23-17-10-4-2-8-15(17)19(25)22-13-6-5-11-21-12-13/h1-12H,(H,22,25)(H,23,24). The Morgan fingerprint density at radius 1 is 0.800 bits per heavy atom. The van der Waals surface area contributed by atoms with E-state index in [2.05, 4.69) is 38.2 Å². The third kappa shape index (κ3) is 4.21. The molecule has 0 aliphatic heterocycles. The number of nitrogens with one attached hydrogen (secondary N) is 2. The molecule has 0 radical (unpaired) electrons. The fraction of sp³-hybridized carbons (Fsp3) is 0. The molecular weight excluding hydrogens is 429 g/mol. The van der Waals surface area contributed by atoms with Crippen LogP contribution in [0.1, 0.15) is 20.7 Å². The van der Waals surface area contributed by atoms with Crippen molar-refractivity contribution in [3.05, 3.63) is 87.8 Å². The molecule has 5 nitrogen and oxygen atoms in total. The lowest BCUT2D eigenvalue weighted by atomic mass is 10.1. The second kappa shape index (κ2) is 7.89. The van der Waals surface area contributed by atoms with E-state index in [4.69, 9.17) is 0 Å². The fourth-order valence-corrected chi connectivity index (χ4v) is 2.89. The van der Waals surface area contributed by atoms with Gasteiger partial charge in [-0.1, -0.05) is 24.3 Å². The number of pyridine rings is 1. The van der Waals surface area contributed by atoms with Crippen molar-refractivity contribution in [3.63, 3.8) is 0 Å². The lowest BCUT2D eigenvalue weighted by Gasteiger charge is -2.12. The Morgan fingerprint density at radius 3 is 2.20 bits per heavy atom. The van der Waals surface area contributed by atoms with E-state index in [1.54, 1.807) is 60.9 Å². The first-order valence-electron chi connectivity index (χ1n) is 7.51. The molecule has 0 spiro atoms. The van der Waals surface area contributed by atoms with Crippen LogP contribution in [0.15, 0.2) is 73.1 Å². The largest absolute Gasteiger partial charge is 0.321 e. The summed E-state index contributed by atoms with van der Waals surface area (Å²) in [4.78, 5) is 29.0. The number of rotatable bonds is 4. The summed E-state index contributed by atoms with van der Waals surface area (Å²) in [5.74, 6) is -0.571. The van der Waals surface area contributed by atoms with Gasteiger partial charge in [0.1, 0.15) is 0 Å². The number of benzene rings is 2. The molecule has 0 saturated carbocycles. The van der Waals surface area contributed by atoms with Crippen molar-refractivity contribution >= 4 is 45.8 Å². The molecule has 25 heavy (non-hydrogen) atoms. The minimum absolute atomic E-state index is 0.258. The van der Waals surface area contributed by atoms with Crippen LogP contribution in [0.3, 0.4) is 0 Å². The summed E-state index contributed by atoms with van der Waals surface area (Å²) in [6, 6.07) is 17.6. The highest BCUT2D eigenvalue weighted by Crippen LogP contribution is 2.19. The zero-order valence-electron chi connectivity index (χ0n) is 13.1. The summed E-state index contributed by atoms with van der Waals surface area (Å²) in [7, 11) is 0. The highest BCUT2D eigenvalue weighted by molar-refractivity contribution is 14.1. The van der Waals surface area contributed by atoms with E-state index < -0.39 is 0 Å². The van der Waals surface area contributed by atoms with Gasteiger partial charge in [0.25, 0.3) is 11.8 Å². The molecule has 1 aromatic heterocycles. The molecule has 124 valence electrons. The quantitative estimate of drug-likeness (QED) is 0.595. The molecule has 0 fully saturated rings. The minimum Gasteiger partial charge on any atom is -0.321 e. The van der Waals surface area contributed by atoms with E-state index in [9.17, 15) is 9.59 Å². The van der Waals surface area contributed by atoms with E-state index in [0.29, 0.717) is 22.5 Å². The van der Waals surface area contributed by atoms with Gasteiger partial charge < -0.3 is 10.6 Å². The Bertz CT molecular complexity index is 913. The fourth-order valence-electron chi connectivity index (χ4n) is 2.26. The van der Waals surface area contributed by atoms with Crippen LogP contribution in [-0.2, 0) is 0 Å². The topological polar surface area (TPSA) is 71.1 Å². The number of halogens is 1. The summed E-state index contributed by atoms with van der Waals surface area (Å²) in [5, 5.41) is 5.58. The monoisotopic (exact) mass is 443 g/mol. The maximum atomic E-state index is 12.5. The number of amides is 2. The summed E-state index contributed by atoms with van der Waals surface area (Å²) in [6.45, 7) is 0. The predicted octanol–water partition coefficient (Wildman–Crippen LogP) is 4.19. The lowest BCUT2D eigenvalue weighted by molar-refractivity contribution is 0.102. The smallest absolute Gasteiger partial charge is 0.257 e. The van der Waals surface area contributed by atoms with Crippen molar-refractivity contribution in [1.29, 1.82) is 0 Å². The molecule has 1 heterocycles. The van der Waals surface area contributed by atoms with Crippen LogP contribution in [0.5, 0.6) is 0 Å². The van der Waals surface area contributed by atoms with Crippen LogP contribution in [0.2, 0.25) is 0 Å². The number of hydrogen-bond donors (Lipinski definition) is 2. The SMILES string of the molecule is O=C(Nc1ccccc1C(=O)Nc1cccnc1)c1ccccc1I. The molecule has 3 aromatic rings. The third-order valence-electron chi connectivity index (χ3n) is 3.46. The second-order valence-electron chi connectivity index (χ2n) is 5.18. The average Bonchev–Trinajstić information content (AvgIpc) is 2.63. The summed E-state index contributed by atoms with van der Waals surface area (Å²) < 4.78 is 0.842. The molecule has 2 amide bonds. The third-order valence-corrected chi connectivity index (χ3v) is 4.40. The van der Waals surface area contributed by atoms with Gasteiger partial charge in [-0.25, -0.2) is 0 Å². The van der Waals surface area contributed by atoms with Gasteiger partial charge in [-0.05, 0) is 59.0 Å². The molecule has 0 saturated heterocycles. The molecule has 2 N–H and O–H groups in total. The van der Waals surface area contributed by atoms with Gasteiger partial charge >= 0.3 is 0 Å². The van der Waals surface area contributed by atoms with Crippen LogP contribution < -0.4 is 10.6 Å². The Kier molecular flexibility index (Phi) is 5.39. The minimum atomic E-state index is -0.313. The maximum Gasteiger partial charge on any atom is 0.257 e. The number of nitrogens with zero attached hydrogens (tertiary/aromatic N) is 1. The van der Waals surface area contributed by atoms with Crippen LogP contribution in [0.4, 0.5) is 11.4 Å². The highest BCUT2D eigenvalue weighted by atomic mass is 127. The zero-order chi connectivity index (χ0) is 17.6.